The summed E-state index contributed by atoms with van der Waals surface area (Å²) in [6.07, 6.45) is 7.04. The fraction of sp³-hybridized carbons (Fsp3) is 1.00. The number of likely N-dealkylation sites (N-methyl/N-ethyl adjacent to an activating group) is 3. The highest BCUT2D eigenvalue weighted by Crippen LogP contribution is 2.15. The Labute approximate surface area is 188 Å². The van der Waals surface area contributed by atoms with Crippen LogP contribution in [0.15, 0.2) is 0 Å². The molecule has 0 aromatic rings. The summed E-state index contributed by atoms with van der Waals surface area (Å²) in [5.41, 5.74) is 0. The molecule has 0 spiro atoms. The number of hydrogen-bond donors (Lipinski definition) is 0. The number of ether oxygens (including phenoxy) is 3. The summed E-state index contributed by atoms with van der Waals surface area (Å²) in [5.74, 6) is 0. The highest BCUT2D eigenvalue weighted by Gasteiger charge is 2.25. The predicted octanol–water partition coefficient (Wildman–Crippen LogP) is 2.87. The zero-order chi connectivity index (χ0) is 22.9. The molecule has 0 aromatic heterocycles. The van der Waals surface area contributed by atoms with Crippen LogP contribution in [0.1, 0.15) is 39.0 Å². The molecule has 2 saturated heterocycles. The SMILES string of the molecule is CC[N+](C)(C)CCOC.COCC[N+]1(C)CCCC1.COCC[N+]1(C)CCCCC1. The van der Waals surface area contributed by atoms with E-state index >= 15 is 0 Å². The van der Waals surface area contributed by atoms with Crippen molar-refractivity contribution in [1.29, 1.82) is 0 Å². The van der Waals surface area contributed by atoms with E-state index in [1.54, 1.807) is 21.3 Å². The van der Waals surface area contributed by atoms with Crippen LogP contribution in [0.4, 0.5) is 0 Å². The van der Waals surface area contributed by atoms with Crippen LogP contribution < -0.4 is 0 Å². The summed E-state index contributed by atoms with van der Waals surface area (Å²) >= 11 is 0. The lowest BCUT2D eigenvalue weighted by Crippen LogP contribution is -2.49. The molecule has 30 heavy (non-hydrogen) atoms. The molecule has 2 rings (SSSR count). The smallest absolute Gasteiger partial charge is 0.102 e. The third-order valence-electron chi connectivity index (χ3n) is 6.97. The lowest BCUT2D eigenvalue weighted by atomic mass is 10.1. The molecule has 0 bridgehead atoms. The second-order valence-corrected chi connectivity index (χ2v) is 10.3. The zero-order valence-corrected chi connectivity index (χ0v) is 21.9. The molecule has 2 aliphatic rings. The van der Waals surface area contributed by atoms with E-state index in [1.807, 2.05) is 0 Å². The minimum Gasteiger partial charge on any atom is -0.379 e. The van der Waals surface area contributed by atoms with Gasteiger partial charge in [0.05, 0.1) is 80.7 Å². The Morgan fingerprint density at radius 1 is 0.633 bits per heavy atom. The topological polar surface area (TPSA) is 27.7 Å². The van der Waals surface area contributed by atoms with Crippen LogP contribution in [0, 0.1) is 0 Å². The highest BCUT2D eigenvalue weighted by atomic mass is 16.5. The molecule has 0 amide bonds. The fourth-order valence-corrected chi connectivity index (χ4v) is 3.94. The maximum atomic E-state index is 5.09. The maximum Gasteiger partial charge on any atom is 0.102 e. The maximum absolute atomic E-state index is 5.09. The van der Waals surface area contributed by atoms with Crippen molar-refractivity contribution in [2.75, 3.05) is 122 Å². The number of methoxy groups -OCH3 is 3. The number of likely N-dealkylation sites (tertiary alicyclic amines) is 2. The molecule has 0 atom stereocenters. The molecule has 2 fully saturated rings. The van der Waals surface area contributed by atoms with E-state index < -0.39 is 0 Å². The summed E-state index contributed by atoms with van der Waals surface area (Å²) in [5, 5.41) is 0. The second-order valence-electron chi connectivity index (χ2n) is 10.3. The van der Waals surface area contributed by atoms with Crippen molar-refractivity contribution in [2.45, 2.75) is 39.0 Å². The van der Waals surface area contributed by atoms with Crippen LogP contribution in [0.3, 0.4) is 0 Å². The molecular weight excluding hydrogens is 378 g/mol. The number of nitrogens with zero attached hydrogens (tertiary/aromatic N) is 3. The van der Waals surface area contributed by atoms with Gasteiger partial charge in [0.1, 0.15) is 19.6 Å². The molecule has 0 radical (unpaired) electrons. The van der Waals surface area contributed by atoms with Gasteiger partial charge in [-0.2, -0.15) is 0 Å². The minimum atomic E-state index is 0.862. The van der Waals surface area contributed by atoms with E-state index in [4.69, 9.17) is 14.2 Å². The highest BCUT2D eigenvalue weighted by molar-refractivity contribution is 4.51. The van der Waals surface area contributed by atoms with E-state index in [0.29, 0.717) is 0 Å². The largest absolute Gasteiger partial charge is 0.379 e. The minimum absolute atomic E-state index is 0.862. The summed E-state index contributed by atoms with van der Waals surface area (Å²) in [7, 11) is 14.4. The van der Waals surface area contributed by atoms with Gasteiger partial charge in [-0.3, -0.25) is 0 Å². The van der Waals surface area contributed by atoms with E-state index in [1.165, 1.54) is 86.9 Å². The summed E-state index contributed by atoms with van der Waals surface area (Å²) < 4.78 is 18.6. The summed E-state index contributed by atoms with van der Waals surface area (Å²) in [6, 6.07) is 0. The first-order valence-corrected chi connectivity index (χ1v) is 12.1. The Morgan fingerprint density at radius 3 is 1.33 bits per heavy atom. The van der Waals surface area contributed by atoms with Crippen molar-refractivity contribution in [2.24, 2.45) is 0 Å². The van der Waals surface area contributed by atoms with E-state index in [-0.39, 0.29) is 0 Å². The predicted molar refractivity (Wildman–Crippen MR) is 128 cm³/mol. The average Bonchev–Trinajstić information content (AvgIpc) is 3.17. The van der Waals surface area contributed by atoms with Gasteiger partial charge in [-0.05, 0) is 26.2 Å². The van der Waals surface area contributed by atoms with Crippen LogP contribution >= 0.6 is 0 Å². The number of hydrogen-bond acceptors (Lipinski definition) is 3. The number of piperidine rings is 1. The van der Waals surface area contributed by atoms with Crippen molar-refractivity contribution >= 4 is 0 Å². The van der Waals surface area contributed by atoms with Gasteiger partial charge >= 0.3 is 0 Å². The van der Waals surface area contributed by atoms with Gasteiger partial charge in [-0.15, -0.1) is 0 Å². The fourth-order valence-electron chi connectivity index (χ4n) is 3.94. The molecule has 0 saturated carbocycles. The van der Waals surface area contributed by atoms with E-state index in [0.717, 1.165) is 30.8 Å². The standard InChI is InChI=1S/C9H20NO.C8H18NO.C7H18NO/c1-10(8-9-11-2)6-4-3-5-7-10;1-9(7-8-10-2)5-3-4-6-9;1-5-8(2,3)6-7-9-4/h3-9H2,1-2H3;3-8H2,1-2H3;5-7H2,1-4H3/q3*+1. The lowest BCUT2D eigenvalue weighted by Gasteiger charge is -2.37. The van der Waals surface area contributed by atoms with Crippen molar-refractivity contribution < 1.29 is 27.7 Å². The summed E-state index contributed by atoms with van der Waals surface area (Å²) in [6.45, 7) is 14.9. The average molecular weight is 435 g/mol. The van der Waals surface area contributed by atoms with E-state index in [9.17, 15) is 0 Å². The van der Waals surface area contributed by atoms with Gasteiger partial charge in [-0.1, -0.05) is 0 Å². The molecule has 0 aliphatic carbocycles. The van der Waals surface area contributed by atoms with Crippen LogP contribution in [-0.2, 0) is 14.2 Å². The Balaban J connectivity index is 0.000000423. The van der Waals surface area contributed by atoms with Gasteiger partial charge in [0, 0.05) is 34.2 Å². The normalized spacial score (nSPS) is 20.0. The van der Waals surface area contributed by atoms with E-state index in [2.05, 4.69) is 35.1 Å². The van der Waals surface area contributed by atoms with Crippen molar-refractivity contribution in [1.82, 2.24) is 0 Å². The molecule has 6 heteroatoms. The Kier molecular flexibility index (Phi) is 16.3. The van der Waals surface area contributed by atoms with Gasteiger partial charge in [0.2, 0.25) is 0 Å². The van der Waals surface area contributed by atoms with Gasteiger partial charge in [0.25, 0.3) is 0 Å². The summed E-state index contributed by atoms with van der Waals surface area (Å²) in [4.78, 5) is 0. The van der Waals surface area contributed by atoms with Crippen LogP contribution in [0.2, 0.25) is 0 Å². The molecule has 2 aliphatic heterocycles. The molecule has 2 heterocycles. The zero-order valence-electron chi connectivity index (χ0n) is 21.9. The van der Waals surface area contributed by atoms with Crippen LogP contribution in [0.5, 0.6) is 0 Å². The first-order chi connectivity index (χ1) is 14.2. The lowest BCUT2D eigenvalue weighted by molar-refractivity contribution is -0.914. The second kappa shape index (κ2) is 16.4. The Morgan fingerprint density at radius 2 is 1.00 bits per heavy atom. The molecule has 0 N–H and O–H groups in total. The molecular formula is C24H56N3O3+3. The quantitative estimate of drug-likeness (QED) is 0.495. The van der Waals surface area contributed by atoms with Gasteiger partial charge in [0.15, 0.2) is 0 Å². The molecule has 182 valence electrons. The van der Waals surface area contributed by atoms with Crippen LogP contribution in [0.25, 0.3) is 0 Å². The third-order valence-corrected chi connectivity index (χ3v) is 6.97. The van der Waals surface area contributed by atoms with Crippen molar-refractivity contribution in [3.63, 3.8) is 0 Å². The van der Waals surface area contributed by atoms with Gasteiger partial charge in [-0.25, -0.2) is 0 Å². The number of quaternary nitrogens is 3. The van der Waals surface area contributed by atoms with Crippen molar-refractivity contribution in [3.8, 4) is 0 Å². The molecule has 6 nitrogen and oxygen atoms in total. The van der Waals surface area contributed by atoms with Crippen molar-refractivity contribution in [3.05, 3.63) is 0 Å². The first-order valence-electron chi connectivity index (χ1n) is 12.1. The first kappa shape index (κ1) is 29.8. The monoisotopic (exact) mass is 434 g/mol. The Bertz CT molecular complexity index is 393. The van der Waals surface area contributed by atoms with Gasteiger partial charge < -0.3 is 27.7 Å². The molecule has 0 unspecified atom stereocenters. The molecule has 0 aromatic carbocycles. The third kappa shape index (κ3) is 14.7. The van der Waals surface area contributed by atoms with Crippen LogP contribution in [-0.4, -0.2) is 135 Å². The number of rotatable bonds is 10. The Hall–Kier alpha value is -0.240.